The Morgan fingerprint density at radius 3 is 2.71 bits per heavy atom. The van der Waals surface area contributed by atoms with E-state index in [-0.39, 0.29) is 18.4 Å². The maximum Gasteiger partial charge on any atom is 0.214 e. The lowest BCUT2D eigenvalue weighted by atomic mass is 10.1. The highest BCUT2D eigenvalue weighted by molar-refractivity contribution is 7.89. The van der Waals surface area contributed by atoms with Crippen LogP contribution in [0.25, 0.3) is 5.82 Å². The third-order valence-corrected chi connectivity index (χ3v) is 7.10. The number of sulfonamides is 1. The van der Waals surface area contributed by atoms with Crippen LogP contribution in [0.15, 0.2) is 30.9 Å². The maximum atomic E-state index is 12.4. The fourth-order valence-corrected chi connectivity index (χ4v) is 5.05. The summed E-state index contributed by atoms with van der Waals surface area (Å²) in [5.74, 6) is 1.41. The largest absolute Gasteiger partial charge is 0.486 e. The zero-order chi connectivity index (χ0) is 21.7. The number of piperidine rings is 1. The second kappa shape index (κ2) is 9.47. The van der Waals surface area contributed by atoms with Crippen molar-refractivity contribution in [1.29, 1.82) is 0 Å². The molecule has 0 radical (unpaired) electrons. The molecule has 13 heteroatoms. The first kappa shape index (κ1) is 21.3. The molecule has 0 aromatic carbocycles. The number of nitrogens with zero attached hydrogens (tertiary/aromatic N) is 9. The summed E-state index contributed by atoms with van der Waals surface area (Å²) in [6.07, 6.45) is 7.70. The Kier molecular flexibility index (Phi) is 6.51. The van der Waals surface area contributed by atoms with Gasteiger partial charge < -0.3 is 4.74 Å². The van der Waals surface area contributed by atoms with Crippen molar-refractivity contribution in [2.75, 3.05) is 18.8 Å². The van der Waals surface area contributed by atoms with E-state index in [0.29, 0.717) is 49.6 Å². The van der Waals surface area contributed by atoms with Crippen molar-refractivity contribution in [1.82, 2.24) is 44.5 Å². The minimum atomic E-state index is -3.16. The summed E-state index contributed by atoms with van der Waals surface area (Å²) >= 11 is 0. The molecule has 0 amide bonds. The summed E-state index contributed by atoms with van der Waals surface area (Å²) in [5, 5.41) is 19.8. The Hall–Kier alpha value is -2.93. The molecule has 1 aliphatic rings. The molecule has 166 valence electrons. The van der Waals surface area contributed by atoms with E-state index in [9.17, 15) is 8.42 Å². The van der Waals surface area contributed by atoms with E-state index in [4.69, 9.17) is 4.74 Å². The van der Waals surface area contributed by atoms with Crippen LogP contribution in [0.5, 0.6) is 5.75 Å². The number of ether oxygens (including phenoxy) is 1. The molecule has 0 aliphatic carbocycles. The van der Waals surface area contributed by atoms with Gasteiger partial charge >= 0.3 is 0 Å². The van der Waals surface area contributed by atoms with Gasteiger partial charge in [-0.25, -0.2) is 17.7 Å². The molecule has 1 aliphatic heterocycles. The van der Waals surface area contributed by atoms with Crippen molar-refractivity contribution < 1.29 is 13.2 Å². The lowest BCUT2D eigenvalue weighted by molar-refractivity contribution is 0.241. The third kappa shape index (κ3) is 5.22. The van der Waals surface area contributed by atoms with Gasteiger partial charge in [-0.05, 0) is 41.8 Å². The molecule has 12 nitrogen and oxygen atoms in total. The first-order valence-corrected chi connectivity index (χ1v) is 11.9. The Morgan fingerprint density at radius 1 is 1.19 bits per heavy atom. The highest BCUT2D eigenvalue weighted by Gasteiger charge is 2.29. The van der Waals surface area contributed by atoms with Crippen LogP contribution in [0.1, 0.15) is 44.3 Å². The van der Waals surface area contributed by atoms with Gasteiger partial charge in [0.15, 0.2) is 5.82 Å². The number of pyridine rings is 1. The molecule has 0 atom stereocenters. The zero-order valence-corrected chi connectivity index (χ0v) is 18.1. The minimum absolute atomic E-state index is 0.0867. The second-order valence-electron chi connectivity index (χ2n) is 7.35. The average molecular weight is 448 g/mol. The van der Waals surface area contributed by atoms with Crippen LogP contribution in [-0.4, -0.2) is 71.8 Å². The van der Waals surface area contributed by atoms with E-state index in [1.54, 1.807) is 33.6 Å². The molecule has 0 unspecified atom stereocenters. The highest BCUT2D eigenvalue weighted by Crippen LogP contribution is 2.23. The highest BCUT2D eigenvalue weighted by atomic mass is 32.2. The van der Waals surface area contributed by atoms with Crippen molar-refractivity contribution in [3.05, 3.63) is 36.5 Å². The summed E-state index contributed by atoms with van der Waals surface area (Å²) in [7, 11) is -3.16. The van der Waals surface area contributed by atoms with Gasteiger partial charge in [0.1, 0.15) is 24.4 Å². The van der Waals surface area contributed by atoms with E-state index in [1.165, 1.54) is 11.0 Å². The molecule has 4 heterocycles. The molecule has 31 heavy (non-hydrogen) atoms. The van der Waals surface area contributed by atoms with Gasteiger partial charge in [0, 0.05) is 13.1 Å². The van der Waals surface area contributed by atoms with Crippen molar-refractivity contribution in [3.63, 3.8) is 0 Å². The standard InChI is InChI=1S/C18H25N9O3S/c1-2-3-10-31(28,29)25-8-6-16(7-9-25)27-21-11-15(22-27)13-30-17-4-5-18(19-12-17)26-14-20-23-24-26/h4-5,11-12,14,16H,2-3,6-10,13H2,1H3. The van der Waals surface area contributed by atoms with Gasteiger partial charge in [-0.3, -0.25) is 0 Å². The summed E-state index contributed by atoms with van der Waals surface area (Å²) < 4.78 is 33.5. The quantitative estimate of drug-likeness (QED) is 0.471. The number of rotatable bonds is 9. The maximum absolute atomic E-state index is 12.4. The van der Waals surface area contributed by atoms with E-state index in [0.717, 1.165) is 6.42 Å². The van der Waals surface area contributed by atoms with E-state index in [2.05, 4.69) is 30.7 Å². The molecule has 4 rings (SSSR count). The van der Waals surface area contributed by atoms with Crippen LogP contribution < -0.4 is 4.74 Å². The molecule has 0 N–H and O–H groups in total. The van der Waals surface area contributed by atoms with Crippen molar-refractivity contribution in [2.45, 2.75) is 45.3 Å². The van der Waals surface area contributed by atoms with Gasteiger partial charge in [-0.15, -0.1) is 5.10 Å². The number of hydrogen-bond donors (Lipinski definition) is 0. The molecular formula is C18H25N9O3S. The Bertz CT molecular complexity index is 1060. The number of unbranched alkanes of at least 4 members (excludes halogenated alkanes) is 1. The summed E-state index contributed by atoms with van der Waals surface area (Å²) in [4.78, 5) is 5.93. The van der Waals surface area contributed by atoms with E-state index in [1.807, 2.05) is 6.92 Å². The topological polar surface area (TPSA) is 134 Å². The zero-order valence-electron chi connectivity index (χ0n) is 17.3. The van der Waals surface area contributed by atoms with Crippen LogP contribution in [-0.2, 0) is 16.6 Å². The third-order valence-electron chi connectivity index (χ3n) is 5.15. The lowest BCUT2D eigenvalue weighted by Gasteiger charge is -2.30. The van der Waals surface area contributed by atoms with Crippen LogP contribution in [0.4, 0.5) is 0 Å². The summed E-state index contributed by atoms with van der Waals surface area (Å²) in [5.41, 5.74) is 0.697. The predicted molar refractivity (Wildman–Crippen MR) is 110 cm³/mol. The normalized spacial score (nSPS) is 15.9. The fraction of sp³-hybridized carbons (Fsp3) is 0.556. The first-order chi connectivity index (χ1) is 15.0. The molecule has 3 aromatic heterocycles. The van der Waals surface area contributed by atoms with Crippen LogP contribution in [0.3, 0.4) is 0 Å². The van der Waals surface area contributed by atoms with Gasteiger partial charge in [0.2, 0.25) is 10.0 Å². The molecule has 0 saturated carbocycles. The number of tetrazole rings is 1. The van der Waals surface area contributed by atoms with Gasteiger partial charge in [-0.1, -0.05) is 13.3 Å². The predicted octanol–water partition coefficient (Wildman–Crippen LogP) is 0.995. The lowest BCUT2D eigenvalue weighted by Crippen LogP contribution is -2.40. The Balaban J connectivity index is 1.28. The first-order valence-electron chi connectivity index (χ1n) is 10.3. The SMILES string of the molecule is CCCCS(=O)(=O)N1CCC(n2ncc(COc3ccc(-n4cnnn4)nc3)n2)CC1. The second-order valence-corrected chi connectivity index (χ2v) is 9.44. The fourth-order valence-electron chi connectivity index (χ4n) is 3.38. The Labute approximate surface area is 180 Å². The van der Waals surface area contributed by atoms with E-state index < -0.39 is 10.0 Å². The van der Waals surface area contributed by atoms with Crippen molar-refractivity contribution in [3.8, 4) is 11.6 Å². The molecule has 1 fully saturated rings. The summed E-state index contributed by atoms with van der Waals surface area (Å²) in [6, 6.07) is 3.62. The molecule has 3 aromatic rings. The van der Waals surface area contributed by atoms with Gasteiger partial charge in [0.25, 0.3) is 0 Å². The summed E-state index contributed by atoms with van der Waals surface area (Å²) in [6.45, 7) is 3.26. The number of aromatic nitrogens is 8. The Morgan fingerprint density at radius 2 is 2.03 bits per heavy atom. The molecular weight excluding hydrogens is 422 g/mol. The van der Waals surface area contributed by atoms with Gasteiger partial charge in [0.05, 0.1) is 24.2 Å². The number of hydrogen-bond acceptors (Lipinski definition) is 9. The average Bonchev–Trinajstić information content (AvgIpc) is 3.49. The van der Waals surface area contributed by atoms with Crippen molar-refractivity contribution >= 4 is 10.0 Å². The van der Waals surface area contributed by atoms with Gasteiger partial charge in [-0.2, -0.15) is 19.7 Å². The van der Waals surface area contributed by atoms with Crippen LogP contribution in [0.2, 0.25) is 0 Å². The minimum Gasteiger partial charge on any atom is -0.486 e. The van der Waals surface area contributed by atoms with Crippen LogP contribution in [0, 0.1) is 0 Å². The monoisotopic (exact) mass is 447 g/mol. The molecule has 0 bridgehead atoms. The smallest absolute Gasteiger partial charge is 0.214 e. The van der Waals surface area contributed by atoms with Crippen LogP contribution >= 0.6 is 0 Å². The van der Waals surface area contributed by atoms with E-state index >= 15 is 0 Å². The molecule has 1 saturated heterocycles. The molecule has 0 spiro atoms. The van der Waals surface area contributed by atoms with Crippen molar-refractivity contribution in [2.24, 2.45) is 0 Å².